The molecule has 12 heavy (non-hydrogen) atoms. The molecular formula is CH13NO8P2. The maximum atomic E-state index is 8.88. The highest BCUT2D eigenvalue weighted by Gasteiger charge is 2.00. The summed E-state index contributed by atoms with van der Waals surface area (Å²) in [5.41, 5.74) is 0. The van der Waals surface area contributed by atoms with Gasteiger partial charge in [-0.05, 0) is 0 Å². The number of hydrogen-bond donors (Lipinski definition) is 7. The van der Waals surface area contributed by atoms with E-state index in [9.17, 15) is 0 Å². The summed E-state index contributed by atoms with van der Waals surface area (Å²) >= 11 is 0. The van der Waals surface area contributed by atoms with Gasteiger partial charge in [0.05, 0.1) is 0 Å². The average molecular weight is 229 g/mol. The summed E-state index contributed by atoms with van der Waals surface area (Å²) in [4.78, 5) is 43.1. The molecule has 0 heterocycles. The molecule has 0 aliphatic carbocycles. The molecule has 0 saturated heterocycles. The van der Waals surface area contributed by atoms with Gasteiger partial charge in [0.15, 0.2) is 0 Å². The molecule has 0 aromatic heterocycles. The molecule has 0 fully saturated rings. The molecule has 0 saturated carbocycles. The van der Waals surface area contributed by atoms with E-state index in [1.165, 1.54) is 0 Å². The molecule has 0 aromatic carbocycles. The van der Waals surface area contributed by atoms with Gasteiger partial charge >= 0.3 is 15.6 Å². The van der Waals surface area contributed by atoms with Crippen molar-refractivity contribution in [1.29, 1.82) is 0 Å². The van der Waals surface area contributed by atoms with Crippen molar-refractivity contribution in [3.63, 3.8) is 0 Å². The van der Waals surface area contributed by atoms with Crippen molar-refractivity contribution < 1.29 is 38.5 Å². The van der Waals surface area contributed by atoms with E-state index in [0.717, 1.165) is 0 Å². The smallest absolute Gasteiger partial charge is 0.344 e. The fraction of sp³-hybridized carbons (Fsp3) is 1.00. The highest BCUT2D eigenvalue weighted by Crippen LogP contribution is 2.26. The van der Waals surface area contributed by atoms with Gasteiger partial charge in [-0.1, -0.05) is 7.43 Å². The quantitative estimate of drug-likeness (QED) is 0.253. The largest absolute Gasteiger partial charge is 0.466 e. The highest BCUT2D eigenvalue weighted by atomic mass is 31.2. The Morgan fingerprint density at radius 2 is 0.667 bits per heavy atom. The summed E-state index contributed by atoms with van der Waals surface area (Å²) in [6, 6.07) is 0. The van der Waals surface area contributed by atoms with Crippen molar-refractivity contribution in [2.45, 2.75) is 7.43 Å². The Labute approximate surface area is 68.8 Å². The third kappa shape index (κ3) is 26500. The van der Waals surface area contributed by atoms with E-state index in [4.69, 9.17) is 38.5 Å². The Hall–Kier alpha value is 0.180. The summed E-state index contributed by atoms with van der Waals surface area (Å²) in [5, 5.41) is 0. The average Bonchev–Trinajstić information content (AvgIpc) is 1.12. The lowest BCUT2D eigenvalue weighted by atomic mass is 12.0. The molecule has 0 rings (SSSR count). The van der Waals surface area contributed by atoms with Crippen LogP contribution in [-0.4, -0.2) is 29.4 Å². The zero-order valence-corrected chi connectivity index (χ0v) is 6.89. The molecular weight excluding hydrogens is 216 g/mol. The van der Waals surface area contributed by atoms with Crippen molar-refractivity contribution in [2.75, 3.05) is 0 Å². The Morgan fingerprint density at radius 3 is 0.667 bits per heavy atom. The molecule has 0 unspecified atom stereocenters. The standard InChI is InChI=1S/CH4.H3N.2H3O4P/c;;2*1-5(2,3)4/h1H4;1H3;2*(H3,1,2,3,4). The van der Waals surface area contributed by atoms with E-state index in [-0.39, 0.29) is 13.6 Å². The van der Waals surface area contributed by atoms with Gasteiger partial charge in [-0.2, -0.15) is 0 Å². The predicted molar refractivity (Wildman–Crippen MR) is 40.3 cm³/mol. The fourth-order valence-corrected chi connectivity index (χ4v) is 0. The number of rotatable bonds is 0. The number of hydrogen-bond acceptors (Lipinski definition) is 3. The summed E-state index contributed by atoms with van der Waals surface area (Å²) in [7, 11) is -9.28. The highest BCUT2D eigenvalue weighted by molar-refractivity contribution is 7.45. The maximum absolute atomic E-state index is 8.88. The first-order chi connectivity index (χ1) is 4.00. The summed E-state index contributed by atoms with van der Waals surface area (Å²) < 4.78 is 17.8. The Balaban J connectivity index is -0.0000000457. The molecule has 0 atom stereocenters. The minimum Gasteiger partial charge on any atom is -0.344 e. The van der Waals surface area contributed by atoms with E-state index in [2.05, 4.69) is 0 Å². The minimum absolute atomic E-state index is 0. The SMILES string of the molecule is C.N.O=P(O)(O)O.O=P(O)(O)O. The van der Waals surface area contributed by atoms with Crippen molar-refractivity contribution in [2.24, 2.45) is 0 Å². The molecule has 0 bridgehead atoms. The number of phosphoric acid groups is 2. The third-order valence-corrected chi connectivity index (χ3v) is 0. The lowest BCUT2D eigenvalue weighted by Gasteiger charge is -1.82. The molecule has 80 valence electrons. The van der Waals surface area contributed by atoms with Crippen molar-refractivity contribution >= 4 is 15.6 Å². The van der Waals surface area contributed by atoms with Crippen LogP contribution in [0.3, 0.4) is 0 Å². The second-order valence-corrected chi connectivity index (χ2v) is 3.08. The third-order valence-electron chi connectivity index (χ3n) is 0. The summed E-state index contributed by atoms with van der Waals surface area (Å²) in [5.74, 6) is 0. The first-order valence-corrected chi connectivity index (χ1v) is 4.70. The Kier molecular flexibility index (Phi) is 14.8. The van der Waals surface area contributed by atoms with Gasteiger partial charge in [-0.25, -0.2) is 9.13 Å². The van der Waals surface area contributed by atoms with Crippen LogP contribution in [0.5, 0.6) is 0 Å². The molecule has 0 spiro atoms. The van der Waals surface area contributed by atoms with Crippen LogP contribution in [0.2, 0.25) is 0 Å². The van der Waals surface area contributed by atoms with Crippen LogP contribution in [0, 0.1) is 0 Å². The Morgan fingerprint density at radius 1 is 0.667 bits per heavy atom. The second-order valence-electron chi connectivity index (χ2n) is 1.03. The monoisotopic (exact) mass is 229 g/mol. The van der Waals surface area contributed by atoms with E-state index in [0.29, 0.717) is 0 Å². The molecule has 9 N–H and O–H groups in total. The summed E-state index contributed by atoms with van der Waals surface area (Å²) in [6.07, 6.45) is 0. The zero-order chi connectivity index (χ0) is 9.00. The molecule has 0 aromatic rings. The molecule has 0 aliphatic rings. The van der Waals surface area contributed by atoms with Crippen LogP contribution in [0.4, 0.5) is 0 Å². The lowest BCUT2D eigenvalue weighted by Crippen LogP contribution is -1.66. The van der Waals surface area contributed by atoms with Gasteiger partial charge in [-0.15, -0.1) is 0 Å². The van der Waals surface area contributed by atoms with E-state index >= 15 is 0 Å². The maximum Gasteiger partial charge on any atom is 0.466 e. The van der Waals surface area contributed by atoms with Gasteiger partial charge in [0, 0.05) is 0 Å². The van der Waals surface area contributed by atoms with Gasteiger partial charge < -0.3 is 35.5 Å². The predicted octanol–water partition coefficient (Wildman–Crippen LogP) is -1.06. The van der Waals surface area contributed by atoms with Crippen LogP contribution in [0.15, 0.2) is 0 Å². The van der Waals surface area contributed by atoms with Crippen LogP contribution in [0.1, 0.15) is 7.43 Å². The van der Waals surface area contributed by atoms with E-state index < -0.39 is 15.6 Å². The molecule has 0 aliphatic heterocycles. The van der Waals surface area contributed by atoms with E-state index in [1.54, 1.807) is 0 Å². The molecule has 0 amide bonds. The first-order valence-electron chi connectivity index (χ1n) is 1.57. The van der Waals surface area contributed by atoms with E-state index in [1.807, 2.05) is 0 Å². The zero-order valence-electron chi connectivity index (χ0n) is 5.10. The van der Waals surface area contributed by atoms with Crippen molar-refractivity contribution in [3.05, 3.63) is 0 Å². The Bertz CT molecular complexity index is 129. The van der Waals surface area contributed by atoms with Crippen LogP contribution < -0.4 is 6.15 Å². The van der Waals surface area contributed by atoms with Crippen LogP contribution in [-0.2, 0) is 9.13 Å². The van der Waals surface area contributed by atoms with Gasteiger partial charge in [-0.3, -0.25) is 0 Å². The topological polar surface area (TPSA) is 191 Å². The molecule has 9 nitrogen and oxygen atoms in total. The molecule has 11 heteroatoms. The summed E-state index contributed by atoms with van der Waals surface area (Å²) in [6.45, 7) is 0. The minimum atomic E-state index is -4.64. The fourth-order valence-electron chi connectivity index (χ4n) is 0. The van der Waals surface area contributed by atoms with Gasteiger partial charge in [0.2, 0.25) is 0 Å². The van der Waals surface area contributed by atoms with Crippen molar-refractivity contribution in [1.82, 2.24) is 6.15 Å². The van der Waals surface area contributed by atoms with Crippen molar-refractivity contribution in [3.8, 4) is 0 Å². The lowest BCUT2D eigenvalue weighted by molar-refractivity contribution is 0.272. The van der Waals surface area contributed by atoms with Crippen LogP contribution >= 0.6 is 15.6 Å². The second kappa shape index (κ2) is 7.81. The van der Waals surface area contributed by atoms with Gasteiger partial charge in [0.25, 0.3) is 0 Å². The first kappa shape index (κ1) is 22.8. The normalized spacial score (nSPS) is 9.83. The molecule has 0 radical (unpaired) electrons. The van der Waals surface area contributed by atoms with Crippen LogP contribution in [0.25, 0.3) is 0 Å². The van der Waals surface area contributed by atoms with Gasteiger partial charge in [0.1, 0.15) is 0 Å².